The van der Waals surface area contributed by atoms with E-state index >= 15 is 0 Å². The molecule has 0 radical (unpaired) electrons. The molecular weight excluding hydrogens is 264 g/mol. The lowest BCUT2D eigenvalue weighted by atomic mass is 10.0. The number of carbonyl (C=O) groups excluding carboxylic acids is 1. The Kier molecular flexibility index (Phi) is 5.09. The molecule has 1 unspecified atom stereocenters. The van der Waals surface area contributed by atoms with Crippen molar-refractivity contribution in [2.75, 3.05) is 5.32 Å². The third-order valence-electron chi connectivity index (χ3n) is 3.30. The number of carbonyl (C=O) groups is 1. The molecule has 0 aliphatic rings. The second-order valence-electron chi connectivity index (χ2n) is 5.05. The molecule has 0 aromatic heterocycles. The molecule has 0 aliphatic heterocycles. The fourth-order valence-corrected chi connectivity index (χ4v) is 2.16. The average molecular weight is 284 g/mol. The maximum atomic E-state index is 12.2. The Balaban J connectivity index is 2.04. The molecule has 0 spiro atoms. The maximum Gasteiger partial charge on any atom is 0.241 e. The van der Waals surface area contributed by atoms with Crippen LogP contribution in [0.25, 0.3) is 0 Å². The molecule has 0 saturated carbocycles. The minimum absolute atomic E-state index is 0.257. The van der Waals surface area contributed by atoms with E-state index in [-0.39, 0.29) is 5.91 Å². The number of rotatable bonds is 5. The van der Waals surface area contributed by atoms with Gasteiger partial charge in [-0.25, -0.2) is 0 Å². The van der Waals surface area contributed by atoms with Crippen molar-refractivity contribution < 1.29 is 9.90 Å². The van der Waals surface area contributed by atoms with Crippen molar-refractivity contribution >= 4 is 11.6 Å². The Labute approximate surface area is 124 Å². The van der Waals surface area contributed by atoms with Crippen LogP contribution in [0.2, 0.25) is 0 Å². The van der Waals surface area contributed by atoms with Crippen molar-refractivity contribution in [3.05, 3.63) is 65.7 Å². The molecule has 2 rings (SSSR count). The van der Waals surface area contributed by atoms with Gasteiger partial charge in [0.15, 0.2) is 0 Å². The van der Waals surface area contributed by atoms with Crippen LogP contribution in [0.3, 0.4) is 0 Å². The van der Waals surface area contributed by atoms with Crippen molar-refractivity contribution in [2.24, 2.45) is 5.73 Å². The molecule has 21 heavy (non-hydrogen) atoms. The third-order valence-corrected chi connectivity index (χ3v) is 3.30. The Bertz CT molecular complexity index is 597. The number of aliphatic hydroxyl groups is 1. The lowest BCUT2D eigenvalue weighted by Gasteiger charge is -2.16. The first-order chi connectivity index (χ1) is 10.1. The summed E-state index contributed by atoms with van der Waals surface area (Å²) in [4.78, 5) is 12.2. The quantitative estimate of drug-likeness (QED) is 0.788. The molecule has 4 heteroatoms. The van der Waals surface area contributed by atoms with Gasteiger partial charge >= 0.3 is 0 Å². The van der Waals surface area contributed by atoms with E-state index in [1.165, 1.54) is 0 Å². The van der Waals surface area contributed by atoms with Gasteiger partial charge in [0, 0.05) is 11.3 Å². The highest BCUT2D eigenvalue weighted by atomic mass is 16.3. The third kappa shape index (κ3) is 4.15. The second kappa shape index (κ2) is 7.02. The summed E-state index contributed by atoms with van der Waals surface area (Å²) in [6.07, 6.45) is -0.171. The molecule has 4 N–H and O–H groups in total. The van der Waals surface area contributed by atoms with Crippen molar-refractivity contribution in [3.8, 4) is 0 Å². The molecule has 2 aromatic carbocycles. The van der Waals surface area contributed by atoms with Gasteiger partial charge in [0.05, 0.1) is 12.1 Å². The van der Waals surface area contributed by atoms with E-state index in [0.717, 1.165) is 5.56 Å². The van der Waals surface area contributed by atoms with Gasteiger partial charge in [-0.05, 0) is 25.0 Å². The molecular formula is C17H20N2O2. The van der Waals surface area contributed by atoms with E-state index in [1.54, 1.807) is 19.1 Å². The van der Waals surface area contributed by atoms with E-state index in [1.807, 2.05) is 42.5 Å². The maximum absolute atomic E-state index is 12.2. The van der Waals surface area contributed by atoms with Crippen LogP contribution in [0.1, 0.15) is 24.2 Å². The number of amides is 1. The van der Waals surface area contributed by atoms with Crippen molar-refractivity contribution in [1.82, 2.24) is 0 Å². The highest BCUT2D eigenvalue weighted by Gasteiger charge is 2.16. The Morgan fingerprint density at radius 3 is 2.43 bits per heavy atom. The standard InChI is InChI=1S/C17H20N2O2/c1-12(20)14-9-5-6-10-16(14)19-17(21)15(18)11-13-7-3-2-4-8-13/h2-10,12,15,20H,11,18H2,1H3,(H,19,21)/t12?,15-/m1/s1. The molecule has 0 saturated heterocycles. The summed E-state index contributed by atoms with van der Waals surface area (Å²) in [5, 5.41) is 12.5. The molecule has 2 aromatic rings. The summed E-state index contributed by atoms with van der Waals surface area (Å²) in [5.74, 6) is -0.257. The molecule has 0 heterocycles. The van der Waals surface area contributed by atoms with Gasteiger partial charge < -0.3 is 16.2 Å². The van der Waals surface area contributed by atoms with Gasteiger partial charge in [0.25, 0.3) is 0 Å². The van der Waals surface area contributed by atoms with Gasteiger partial charge in [0.2, 0.25) is 5.91 Å². The van der Waals surface area contributed by atoms with Gasteiger partial charge in [-0.15, -0.1) is 0 Å². The zero-order valence-electron chi connectivity index (χ0n) is 12.0. The summed E-state index contributed by atoms with van der Waals surface area (Å²) in [7, 11) is 0. The van der Waals surface area contributed by atoms with Gasteiger partial charge in [-0.1, -0.05) is 48.5 Å². The van der Waals surface area contributed by atoms with Crippen LogP contribution in [-0.2, 0) is 11.2 Å². The minimum atomic E-state index is -0.646. The first-order valence-electron chi connectivity index (χ1n) is 6.95. The normalized spacial score (nSPS) is 13.5. The molecule has 0 bridgehead atoms. The summed E-state index contributed by atoms with van der Waals surface area (Å²) in [6.45, 7) is 1.66. The summed E-state index contributed by atoms with van der Waals surface area (Å²) >= 11 is 0. The molecule has 4 nitrogen and oxygen atoms in total. The van der Waals surface area contributed by atoms with Crippen LogP contribution in [-0.4, -0.2) is 17.1 Å². The van der Waals surface area contributed by atoms with Crippen LogP contribution in [0.15, 0.2) is 54.6 Å². The first kappa shape index (κ1) is 15.2. The SMILES string of the molecule is CC(O)c1ccccc1NC(=O)[C@H](N)Cc1ccccc1. The molecule has 0 aliphatic carbocycles. The predicted molar refractivity (Wildman–Crippen MR) is 83.8 cm³/mol. The van der Waals surface area contributed by atoms with E-state index in [4.69, 9.17) is 5.73 Å². The summed E-state index contributed by atoms with van der Waals surface area (Å²) in [6, 6.07) is 16.2. The average Bonchev–Trinajstić information content (AvgIpc) is 2.48. The number of para-hydroxylation sites is 1. The Morgan fingerprint density at radius 1 is 1.14 bits per heavy atom. The fraction of sp³-hybridized carbons (Fsp3) is 0.235. The fourth-order valence-electron chi connectivity index (χ4n) is 2.16. The van der Waals surface area contributed by atoms with Crippen LogP contribution in [0.4, 0.5) is 5.69 Å². The molecule has 2 atom stereocenters. The predicted octanol–water partition coefficient (Wildman–Crippen LogP) is 2.25. The number of hydrogen-bond acceptors (Lipinski definition) is 3. The topological polar surface area (TPSA) is 75.3 Å². The lowest BCUT2D eigenvalue weighted by molar-refractivity contribution is -0.117. The second-order valence-corrected chi connectivity index (χ2v) is 5.05. The number of aliphatic hydroxyl groups excluding tert-OH is 1. The zero-order valence-corrected chi connectivity index (χ0v) is 12.0. The van der Waals surface area contributed by atoms with Crippen LogP contribution < -0.4 is 11.1 Å². The lowest BCUT2D eigenvalue weighted by Crippen LogP contribution is -2.37. The largest absolute Gasteiger partial charge is 0.389 e. The molecule has 110 valence electrons. The molecule has 0 fully saturated rings. The minimum Gasteiger partial charge on any atom is -0.389 e. The van der Waals surface area contributed by atoms with E-state index < -0.39 is 12.1 Å². The number of nitrogens with one attached hydrogen (secondary N) is 1. The van der Waals surface area contributed by atoms with Gasteiger partial charge in [-0.2, -0.15) is 0 Å². The number of anilines is 1. The number of nitrogens with two attached hydrogens (primary N) is 1. The highest BCUT2D eigenvalue weighted by Crippen LogP contribution is 2.22. The number of benzene rings is 2. The van der Waals surface area contributed by atoms with Gasteiger partial charge in [-0.3, -0.25) is 4.79 Å². The zero-order chi connectivity index (χ0) is 15.2. The van der Waals surface area contributed by atoms with Crippen LogP contribution >= 0.6 is 0 Å². The highest BCUT2D eigenvalue weighted by molar-refractivity contribution is 5.95. The van der Waals surface area contributed by atoms with Crippen molar-refractivity contribution in [1.29, 1.82) is 0 Å². The summed E-state index contributed by atoms with van der Waals surface area (Å²) in [5.41, 5.74) is 8.24. The van der Waals surface area contributed by atoms with E-state index in [2.05, 4.69) is 5.32 Å². The number of hydrogen-bond donors (Lipinski definition) is 3. The van der Waals surface area contributed by atoms with E-state index in [0.29, 0.717) is 17.7 Å². The Hall–Kier alpha value is -2.17. The van der Waals surface area contributed by atoms with Crippen molar-refractivity contribution in [3.63, 3.8) is 0 Å². The van der Waals surface area contributed by atoms with Gasteiger partial charge in [0.1, 0.15) is 0 Å². The smallest absolute Gasteiger partial charge is 0.241 e. The van der Waals surface area contributed by atoms with E-state index in [9.17, 15) is 9.90 Å². The first-order valence-corrected chi connectivity index (χ1v) is 6.95. The Morgan fingerprint density at radius 2 is 1.76 bits per heavy atom. The van der Waals surface area contributed by atoms with Crippen molar-refractivity contribution in [2.45, 2.75) is 25.5 Å². The summed E-state index contributed by atoms with van der Waals surface area (Å²) < 4.78 is 0. The van der Waals surface area contributed by atoms with Crippen LogP contribution in [0.5, 0.6) is 0 Å². The molecule has 1 amide bonds. The van der Waals surface area contributed by atoms with Crippen LogP contribution in [0, 0.1) is 0 Å². The monoisotopic (exact) mass is 284 g/mol.